The first-order valence-corrected chi connectivity index (χ1v) is 5.11. The summed E-state index contributed by atoms with van der Waals surface area (Å²) in [5.41, 5.74) is 10.8. The molecule has 0 radical (unpaired) electrons. The fourth-order valence-electron chi connectivity index (χ4n) is 1.04. The van der Waals surface area contributed by atoms with Gasteiger partial charge in [-0.2, -0.15) is 0 Å². The molecule has 0 saturated carbocycles. The molecule has 0 aliphatic rings. The van der Waals surface area contributed by atoms with Gasteiger partial charge in [0.2, 0.25) is 11.8 Å². The van der Waals surface area contributed by atoms with Crippen molar-refractivity contribution >= 4 is 11.8 Å². The Morgan fingerprint density at radius 1 is 1.50 bits per heavy atom. The van der Waals surface area contributed by atoms with Gasteiger partial charge in [-0.15, -0.1) is 0 Å². The minimum atomic E-state index is -0.666. The number of aliphatic hydroxyl groups excluding tert-OH is 1. The molecule has 7 heteroatoms. The van der Waals surface area contributed by atoms with E-state index in [1.54, 1.807) is 7.05 Å². The van der Waals surface area contributed by atoms with Crippen molar-refractivity contribution in [3.63, 3.8) is 0 Å². The maximum Gasteiger partial charge on any atom is 0.248 e. The molecule has 2 amide bonds. The molecule has 6 N–H and O–H groups in total. The van der Waals surface area contributed by atoms with E-state index in [1.807, 2.05) is 0 Å². The molecule has 0 aliphatic heterocycles. The van der Waals surface area contributed by atoms with Crippen LogP contribution in [0.2, 0.25) is 0 Å². The molecular weight excluding hydrogens is 212 g/mol. The standard InChI is InChI=1S/C9H20N4O3/c1-13(8(15)6-14)5-2-7(11)9(16)12-4-3-10/h7,14H,2-6,10-11H2,1H3,(H,12,16)/t7-/m0/s1. The van der Waals surface area contributed by atoms with Crippen LogP contribution in [0.1, 0.15) is 6.42 Å². The van der Waals surface area contributed by atoms with Crippen LogP contribution in [0, 0.1) is 0 Å². The Balaban J connectivity index is 3.83. The molecule has 0 aliphatic carbocycles. The monoisotopic (exact) mass is 232 g/mol. The van der Waals surface area contributed by atoms with Gasteiger partial charge in [-0.25, -0.2) is 0 Å². The first kappa shape index (κ1) is 14.8. The Labute approximate surface area is 94.8 Å². The molecule has 0 heterocycles. The average molecular weight is 232 g/mol. The minimum Gasteiger partial charge on any atom is -0.387 e. The summed E-state index contributed by atoms with van der Waals surface area (Å²) >= 11 is 0. The van der Waals surface area contributed by atoms with Crippen LogP contribution in [0.25, 0.3) is 0 Å². The van der Waals surface area contributed by atoms with Gasteiger partial charge in [0.15, 0.2) is 0 Å². The predicted octanol–water partition coefficient (Wildman–Crippen LogP) is -2.77. The number of nitrogens with zero attached hydrogens (tertiary/aromatic N) is 1. The van der Waals surface area contributed by atoms with Gasteiger partial charge in [0.05, 0.1) is 6.04 Å². The first-order valence-electron chi connectivity index (χ1n) is 5.11. The first-order chi connectivity index (χ1) is 7.52. The third-order valence-corrected chi connectivity index (χ3v) is 2.12. The third kappa shape index (κ3) is 5.64. The van der Waals surface area contributed by atoms with E-state index in [1.165, 1.54) is 4.90 Å². The largest absolute Gasteiger partial charge is 0.387 e. The molecule has 0 unspecified atom stereocenters. The highest BCUT2D eigenvalue weighted by molar-refractivity contribution is 5.81. The summed E-state index contributed by atoms with van der Waals surface area (Å²) < 4.78 is 0. The average Bonchev–Trinajstić information content (AvgIpc) is 2.31. The van der Waals surface area contributed by atoms with E-state index < -0.39 is 18.6 Å². The normalized spacial score (nSPS) is 12.0. The minimum absolute atomic E-state index is 0.282. The topological polar surface area (TPSA) is 122 Å². The number of hydrogen-bond acceptors (Lipinski definition) is 5. The van der Waals surface area contributed by atoms with E-state index in [-0.39, 0.29) is 5.91 Å². The highest BCUT2D eigenvalue weighted by Gasteiger charge is 2.14. The second-order valence-electron chi connectivity index (χ2n) is 3.45. The van der Waals surface area contributed by atoms with Gasteiger partial charge in [-0.05, 0) is 6.42 Å². The molecule has 0 fully saturated rings. The number of carbonyl (C=O) groups excluding carboxylic acids is 2. The smallest absolute Gasteiger partial charge is 0.248 e. The van der Waals surface area contributed by atoms with Gasteiger partial charge in [0, 0.05) is 26.7 Å². The number of hydrogen-bond donors (Lipinski definition) is 4. The Bertz CT molecular complexity index is 235. The van der Waals surface area contributed by atoms with E-state index >= 15 is 0 Å². The van der Waals surface area contributed by atoms with E-state index in [0.717, 1.165) is 0 Å². The van der Waals surface area contributed by atoms with Crippen LogP contribution in [-0.4, -0.2) is 61.2 Å². The molecule has 0 spiro atoms. The number of amides is 2. The lowest BCUT2D eigenvalue weighted by Crippen LogP contribution is -2.44. The van der Waals surface area contributed by atoms with Crippen molar-refractivity contribution in [1.29, 1.82) is 0 Å². The van der Waals surface area contributed by atoms with Crippen molar-refractivity contribution in [3.8, 4) is 0 Å². The number of likely N-dealkylation sites (N-methyl/N-ethyl adjacent to an activating group) is 1. The SMILES string of the molecule is CN(CC[C@H](N)C(=O)NCCN)C(=O)CO. The molecule has 7 nitrogen and oxygen atoms in total. The molecule has 0 bridgehead atoms. The highest BCUT2D eigenvalue weighted by Crippen LogP contribution is 1.93. The van der Waals surface area contributed by atoms with Crippen LogP contribution >= 0.6 is 0 Å². The number of nitrogens with two attached hydrogens (primary N) is 2. The lowest BCUT2D eigenvalue weighted by atomic mass is 10.2. The van der Waals surface area contributed by atoms with Crippen LogP contribution in [0.5, 0.6) is 0 Å². The lowest BCUT2D eigenvalue weighted by molar-refractivity contribution is -0.133. The van der Waals surface area contributed by atoms with Gasteiger partial charge in [-0.1, -0.05) is 0 Å². The van der Waals surface area contributed by atoms with E-state index in [9.17, 15) is 9.59 Å². The van der Waals surface area contributed by atoms with Crippen molar-refractivity contribution < 1.29 is 14.7 Å². The Morgan fingerprint density at radius 3 is 2.62 bits per heavy atom. The van der Waals surface area contributed by atoms with Crippen LogP contribution in [0.3, 0.4) is 0 Å². The molecule has 0 rings (SSSR count). The summed E-state index contributed by atoms with van der Waals surface area (Å²) in [6.45, 7) is 0.543. The molecule has 0 aromatic rings. The van der Waals surface area contributed by atoms with Gasteiger partial charge >= 0.3 is 0 Å². The molecule has 0 aromatic carbocycles. The van der Waals surface area contributed by atoms with Crippen LogP contribution < -0.4 is 16.8 Å². The second-order valence-corrected chi connectivity index (χ2v) is 3.45. The van der Waals surface area contributed by atoms with Crippen LogP contribution in [0.15, 0.2) is 0 Å². The van der Waals surface area contributed by atoms with Crippen molar-refractivity contribution in [2.24, 2.45) is 11.5 Å². The molecular formula is C9H20N4O3. The summed E-state index contributed by atoms with van der Waals surface area (Å²) in [6.07, 6.45) is 0.346. The second kappa shape index (κ2) is 8.03. The van der Waals surface area contributed by atoms with E-state index in [0.29, 0.717) is 26.1 Å². The summed E-state index contributed by atoms with van der Waals surface area (Å²) in [4.78, 5) is 23.6. The van der Waals surface area contributed by atoms with Gasteiger partial charge in [-0.3, -0.25) is 9.59 Å². The van der Waals surface area contributed by atoms with E-state index in [4.69, 9.17) is 16.6 Å². The Kier molecular flexibility index (Phi) is 7.44. The van der Waals surface area contributed by atoms with Gasteiger partial charge < -0.3 is 26.8 Å². The Morgan fingerprint density at radius 2 is 2.12 bits per heavy atom. The molecule has 1 atom stereocenters. The maximum absolute atomic E-state index is 11.3. The molecule has 94 valence electrons. The lowest BCUT2D eigenvalue weighted by Gasteiger charge is -2.18. The summed E-state index contributed by atoms with van der Waals surface area (Å²) in [7, 11) is 1.54. The van der Waals surface area contributed by atoms with Crippen molar-refractivity contribution in [2.75, 3.05) is 33.3 Å². The number of nitrogens with one attached hydrogen (secondary N) is 1. The van der Waals surface area contributed by atoms with Crippen molar-refractivity contribution in [2.45, 2.75) is 12.5 Å². The van der Waals surface area contributed by atoms with Gasteiger partial charge in [0.25, 0.3) is 0 Å². The predicted molar refractivity (Wildman–Crippen MR) is 59.4 cm³/mol. The number of carbonyl (C=O) groups is 2. The highest BCUT2D eigenvalue weighted by atomic mass is 16.3. The van der Waals surface area contributed by atoms with Crippen molar-refractivity contribution in [3.05, 3.63) is 0 Å². The van der Waals surface area contributed by atoms with Crippen LogP contribution in [0.4, 0.5) is 0 Å². The van der Waals surface area contributed by atoms with Gasteiger partial charge in [0.1, 0.15) is 6.61 Å². The fraction of sp³-hybridized carbons (Fsp3) is 0.778. The zero-order valence-electron chi connectivity index (χ0n) is 9.48. The van der Waals surface area contributed by atoms with Crippen molar-refractivity contribution in [1.82, 2.24) is 10.2 Å². The van der Waals surface area contributed by atoms with E-state index in [2.05, 4.69) is 5.32 Å². The third-order valence-electron chi connectivity index (χ3n) is 2.12. The Hall–Kier alpha value is -1.18. The molecule has 0 saturated heterocycles. The molecule has 0 aromatic heterocycles. The zero-order chi connectivity index (χ0) is 12.6. The number of aliphatic hydroxyl groups is 1. The zero-order valence-corrected chi connectivity index (χ0v) is 9.48. The maximum atomic E-state index is 11.3. The summed E-state index contributed by atoms with van der Waals surface area (Å²) in [5.74, 6) is -0.676. The summed E-state index contributed by atoms with van der Waals surface area (Å²) in [5, 5.41) is 11.1. The quantitative estimate of drug-likeness (QED) is 0.378. The fourth-order valence-corrected chi connectivity index (χ4v) is 1.04. The summed E-state index contributed by atoms with van der Waals surface area (Å²) in [6, 6.07) is -0.666. The molecule has 16 heavy (non-hydrogen) atoms. The number of rotatable bonds is 7. The van der Waals surface area contributed by atoms with Crippen LogP contribution in [-0.2, 0) is 9.59 Å².